The minimum atomic E-state index is -1.42. The Hall–Kier alpha value is -0.0100. The second kappa shape index (κ2) is 8.39. The number of aliphatic hydroxyl groups excluding tert-OH is 5. The van der Waals surface area contributed by atoms with Gasteiger partial charge < -0.3 is 44.5 Å². The van der Waals surface area contributed by atoms with Crippen molar-refractivity contribution >= 4 is 11.8 Å². The molecule has 0 radical (unpaired) electrons. The Labute approximate surface area is 138 Å². The van der Waals surface area contributed by atoms with Gasteiger partial charge in [0.25, 0.3) is 0 Å². The molecule has 23 heavy (non-hydrogen) atoms. The van der Waals surface area contributed by atoms with Gasteiger partial charge in [0.15, 0.2) is 12.6 Å². The van der Waals surface area contributed by atoms with Crippen LogP contribution in [-0.2, 0) is 18.9 Å². The minimum absolute atomic E-state index is 0.463. The maximum Gasteiger partial charge on any atom is 0.187 e. The van der Waals surface area contributed by atoms with E-state index in [2.05, 4.69) is 0 Å². The van der Waals surface area contributed by atoms with Crippen LogP contribution in [0.1, 0.15) is 0 Å². The van der Waals surface area contributed by atoms with E-state index in [1.54, 1.807) is 0 Å². The average Bonchev–Trinajstić information content (AvgIpc) is 2.81. The predicted molar refractivity (Wildman–Crippen MR) is 78.7 cm³/mol. The first-order valence-corrected chi connectivity index (χ1v) is 8.65. The number of hydrogen-bond donors (Lipinski definition) is 5. The molecule has 5 N–H and O–H groups in total. The highest BCUT2D eigenvalue weighted by Gasteiger charge is 2.50. The van der Waals surface area contributed by atoms with Gasteiger partial charge in [-0.2, -0.15) is 11.8 Å². The van der Waals surface area contributed by atoms with Crippen molar-refractivity contribution in [2.75, 3.05) is 25.7 Å². The van der Waals surface area contributed by atoms with Gasteiger partial charge in [0, 0.05) is 12.9 Å². The van der Waals surface area contributed by atoms with E-state index >= 15 is 0 Å². The molecule has 0 bridgehead atoms. The molecule has 0 aliphatic carbocycles. The highest BCUT2D eigenvalue weighted by molar-refractivity contribution is 7.98. The van der Waals surface area contributed by atoms with Crippen molar-refractivity contribution in [3.63, 3.8) is 0 Å². The maximum absolute atomic E-state index is 10.2. The van der Waals surface area contributed by atoms with Gasteiger partial charge in [-0.3, -0.25) is 0 Å². The number of hydrogen-bond acceptors (Lipinski definition) is 10. The van der Waals surface area contributed by atoms with Crippen LogP contribution in [0.2, 0.25) is 0 Å². The van der Waals surface area contributed by atoms with Crippen molar-refractivity contribution in [2.24, 2.45) is 0 Å². The van der Waals surface area contributed by atoms with E-state index in [1.165, 1.54) is 18.9 Å². The van der Waals surface area contributed by atoms with Gasteiger partial charge in [-0.25, -0.2) is 0 Å². The predicted octanol–water partition coefficient (Wildman–Crippen LogP) is -2.73. The molecule has 0 aromatic rings. The molecule has 0 amide bonds. The molecule has 6 unspecified atom stereocenters. The molecule has 9 nitrogen and oxygen atoms in total. The molecule has 2 aliphatic rings. The van der Waals surface area contributed by atoms with E-state index in [1.807, 2.05) is 6.26 Å². The summed E-state index contributed by atoms with van der Waals surface area (Å²) in [5.41, 5.74) is 0. The molecule has 0 aromatic carbocycles. The average molecular weight is 356 g/mol. The van der Waals surface area contributed by atoms with Gasteiger partial charge in [0.2, 0.25) is 0 Å². The van der Waals surface area contributed by atoms with E-state index < -0.39 is 61.9 Å². The van der Waals surface area contributed by atoms with E-state index in [4.69, 9.17) is 24.1 Å². The van der Waals surface area contributed by atoms with Crippen molar-refractivity contribution < 1.29 is 44.5 Å². The van der Waals surface area contributed by atoms with Crippen molar-refractivity contribution in [3.05, 3.63) is 0 Å². The Kier molecular flexibility index (Phi) is 7.04. The zero-order valence-electron chi connectivity index (χ0n) is 12.9. The molecule has 2 rings (SSSR count). The summed E-state index contributed by atoms with van der Waals surface area (Å²) in [5, 5.41) is 49.2. The molecule has 0 spiro atoms. The van der Waals surface area contributed by atoms with Crippen LogP contribution < -0.4 is 0 Å². The summed E-state index contributed by atoms with van der Waals surface area (Å²) < 4.78 is 21.4. The summed E-state index contributed by atoms with van der Waals surface area (Å²) in [7, 11) is 1.32. The fourth-order valence-corrected chi connectivity index (χ4v) is 3.28. The number of methoxy groups -OCH3 is 1. The third-order valence-corrected chi connectivity index (χ3v) is 4.66. The van der Waals surface area contributed by atoms with Crippen molar-refractivity contribution in [1.82, 2.24) is 0 Å². The van der Waals surface area contributed by atoms with Gasteiger partial charge >= 0.3 is 0 Å². The summed E-state index contributed by atoms with van der Waals surface area (Å²) in [6.45, 7) is -0.498. The van der Waals surface area contributed by atoms with E-state index in [0.29, 0.717) is 5.75 Å². The minimum Gasteiger partial charge on any atom is -0.394 e. The molecule has 0 saturated carbocycles. The molecular weight excluding hydrogens is 332 g/mol. The Bertz CT molecular complexity index is 371. The third kappa shape index (κ3) is 3.98. The first-order valence-electron chi connectivity index (χ1n) is 7.25. The van der Waals surface area contributed by atoms with Crippen molar-refractivity contribution in [2.45, 2.75) is 55.3 Å². The largest absolute Gasteiger partial charge is 0.394 e. The molecule has 9 atom stereocenters. The van der Waals surface area contributed by atoms with Gasteiger partial charge in [-0.1, -0.05) is 0 Å². The molecule has 2 aliphatic heterocycles. The first-order chi connectivity index (χ1) is 10.9. The van der Waals surface area contributed by atoms with Crippen LogP contribution in [-0.4, -0.2) is 107 Å². The molecular formula is C13H24O9S. The van der Waals surface area contributed by atoms with Crippen LogP contribution in [0.4, 0.5) is 0 Å². The zero-order valence-corrected chi connectivity index (χ0v) is 13.7. The number of thioether (sulfide) groups is 1. The second-order valence-electron chi connectivity index (χ2n) is 5.52. The molecule has 10 heteroatoms. The van der Waals surface area contributed by atoms with Crippen LogP contribution >= 0.6 is 11.8 Å². The van der Waals surface area contributed by atoms with Crippen LogP contribution in [0, 0.1) is 0 Å². The molecule has 136 valence electrons. The Morgan fingerprint density at radius 3 is 2.09 bits per heavy atom. The molecule has 2 saturated heterocycles. The summed E-state index contributed by atoms with van der Waals surface area (Å²) in [6, 6.07) is 0. The summed E-state index contributed by atoms with van der Waals surface area (Å²) in [4.78, 5) is 0. The lowest BCUT2D eigenvalue weighted by atomic mass is 9.99. The second-order valence-corrected chi connectivity index (χ2v) is 6.43. The number of ether oxygens (including phenoxy) is 4. The Balaban J connectivity index is 2.05. The van der Waals surface area contributed by atoms with E-state index in [9.17, 15) is 20.4 Å². The zero-order chi connectivity index (χ0) is 17.1. The van der Waals surface area contributed by atoms with E-state index in [0.717, 1.165) is 0 Å². The van der Waals surface area contributed by atoms with E-state index in [-0.39, 0.29) is 0 Å². The standard InChI is InChI=1S/C13H24O9S/c1-19-13-11(9(17)7(15)5(3-14)20-13)22-12-10(18)8(16)6(21-12)4-23-2/h5-18H,3-4H2,1-2H3/t5?,6-,7?,8?,9?,10?,11?,12+,13+/m0/s1. The normalized spacial score (nSPS) is 47.9. The number of aliphatic hydroxyl groups is 5. The van der Waals surface area contributed by atoms with Gasteiger partial charge in [-0.05, 0) is 6.26 Å². The van der Waals surface area contributed by atoms with Crippen LogP contribution in [0.3, 0.4) is 0 Å². The lowest BCUT2D eigenvalue weighted by Crippen LogP contribution is -2.61. The van der Waals surface area contributed by atoms with Crippen LogP contribution in [0.25, 0.3) is 0 Å². The van der Waals surface area contributed by atoms with Crippen LogP contribution in [0.15, 0.2) is 0 Å². The molecule has 0 aromatic heterocycles. The SMILES string of the molecule is CO[C@@H]1OC(CO)C(O)C(O)C1O[C@H]1O[C@@H](CSC)C(O)C1O. The van der Waals surface area contributed by atoms with Gasteiger partial charge in [0.05, 0.1) is 12.7 Å². The monoisotopic (exact) mass is 356 g/mol. The lowest BCUT2D eigenvalue weighted by Gasteiger charge is -2.42. The van der Waals surface area contributed by atoms with Gasteiger partial charge in [0.1, 0.15) is 36.6 Å². The maximum atomic E-state index is 10.2. The smallest absolute Gasteiger partial charge is 0.187 e. The summed E-state index contributed by atoms with van der Waals surface area (Å²) in [5.74, 6) is 0.463. The quantitative estimate of drug-likeness (QED) is 0.341. The highest BCUT2D eigenvalue weighted by atomic mass is 32.2. The Morgan fingerprint density at radius 1 is 0.913 bits per heavy atom. The lowest BCUT2D eigenvalue weighted by molar-refractivity contribution is -0.332. The fraction of sp³-hybridized carbons (Fsp3) is 1.00. The summed E-state index contributed by atoms with van der Waals surface area (Å²) >= 11 is 1.44. The fourth-order valence-electron chi connectivity index (χ4n) is 2.67. The summed E-state index contributed by atoms with van der Waals surface area (Å²) in [6.07, 6.45) is -8.43. The molecule has 2 heterocycles. The number of rotatable bonds is 6. The first kappa shape index (κ1) is 19.3. The topological polar surface area (TPSA) is 138 Å². The van der Waals surface area contributed by atoms with Crippen molar-refractivity contribution in [1.29, 1.82) is 0 Å². The Morgan fingerprint density at radius 2 is 1.52 bits per heavy atom. The van der Waals surface area contributed by atoms with Crippen LogP contribution in [0.5, 0.6) is 0 Å². The van der Waals surface area contributed by atoms with Crippen molar-refractivity contribution in [3.8, 4) is 0 Å². The van der Waals surface area contributed by atoms with Gasteiger partial charge in [-0.15, -0.1) is 0 Å². The molecule has 2 fully saturated rings. The third-order valence-electron chi connectivity index (χ3n) is 4.00. The highest BCUT2D eigenvalue weighted by Crippen LogP contribution is 2.30.